The fraction of sp³-hybridized carbons (Fsp3) is 0.0667. The molecule has 0 saturated heterocycles. The maximum Gasteiger partial charge on any atom is 0.166 e. The molecule has 0 aliphatic rings. The third-order valence-corrected chi connectivity index (χ3v) is 2.54. The Morgan fingerprint density at radius 2 is 1.89 bits per heavy atom. The van der Waals surface area contributed by atoms with Crippen LogP contribution in [0, 0.1) is 17.1 Å². The van der Waals surface area contributed by atoms with Gasteiger partial charge in [-0.1, -0.05) is 6.07 Å². The lowest BCUT2D eigenvalue weighted by Gasteiger charge is -2.09. The third kappa shape index (κ3) is 2.78. The molecule has 0 unspecified atom stereocenters. The minimum absolute atomic E-state index is 0.0770. The summed E-state index contributed by atoms with van der Waals surface area (Å²) in [5, 5.41) is 8.69. The summed E-state index contributed by atoms with van der Waals surface area (Å²) >= 11 is 0. The highest BCUT2D eigenvalue weighted by molar-refractivity contribution is 5.97. The molecule has 94 valence electrons. The zero-order valence-electron chi connectivity index (χ0n) is 10.2. The number of ether oxygens (including phenoxy) is 1. The second-order valence-corrected chi connectivity index (χ2v) is 3.91. The van der Waals surface area contributed by atoms with Gasteiger partial charge in [-0.2, -0.15) is 5.26 Å². The van der Waals surface area contributed by atoms with Crippen molar-refractivity contribution in [3.8, 4) is 17.6 Å². The lowest BCUT2D eigenvalue weighted by molar-refractivity contribution is 0.101. The van der Waals surface area contributed by atoms with Crippen molar-refractivity contribution >= 4 is 5.78 Å². The van der Waals surface area contributed by atoms with Crippen molar-refractivity contribution in [2.24, 2.45) is 0 Å². The number of carbonyl (C=O) groups excluding carboxylic acids is 1. The van der Waals surface area contributed by atoms with Crippen LogP contribution >= 0.6 is 0 Å². The summed E-state index contributed by atoms with van der Waals surface area (Å²) < 4.78 is 19.1. The second kappa shape index (κ2) is 5.32. The van der Waals surface area contributed by atoms with Gasteiger partial charge in [-0.15, -0.1) is 0 Å². The van der Waals surface area contributed by atoms with Crippen molar-refractivity contribution in [3.63, 3.8) is 0 Å². The van der Waals surface area contributed by atoms with Crippen LogP contribution in [0.15, 0.2) is 42.5 Å². The van der Waals surface area contributed by atoms with Crippen LogP contribution in [0.25, 0.3) is 0 Å². The predicted octanol–water partition coefficient (Wildman–Crippen LogP) is 3.69. The molecule has 0 fully saturated rings. The van der Waals surface area contributed by atoms with E-state index in [4.69, 9.17) is 10.00 Å². The molecule has 2 rings (SSSR count). The Balaban J connectivity index is 2.35. The molecule has 0 aliphatic heterocycles. The summed E-state index contributed by atoms with van der Waals surface area (Å²) in [6.07, 6.45) is 0. The van der Waals surface area contributed by atoms with Gasteiger partial charge in [-0.05, 0) is 43.3 Å². The topological polar surface area (TPSA) is 50.1 Å². The quantitative estimate of drug-likeness (QED) is 0.786. The average molecular weight is 255 g/mol. The van der Waals surface area contributed by atoms with E-state index in [1.165, 1.54) is 25.1 Å². The molecule has 0 spiro atoms. The van der Waals surface area contributed by atoms with Gasteiger partial charge < -0.3 is 4.74 Å². The molecule has 0 heterocycles. The van der Waals surface area contributed by atoms with Crippen LogP contribution in [0.2, 0.25) is 0 Å². The van der Waals surface area contributed by atoms with Gasteiger partial charge in [0.1, 0.15) is 17.3 Å². The number of nitriles is 1. The van der Waals surface area contributed by atoms with Crippen LogP contribution in [-0.4, -0.2) is 5.78 Å². The number of benzene rings is 2. The van der Waals surface area contributed by atoms with Crippen molar-refractivity contribution in [2.75, 3.05) is 0 Å². The highest BCUT2D eigenvalue weighted by atomic mass is 19.1. The van der Waals surface area contributed by atoms with Gasteiger partial charge in [0.2, 0.25) is 0 Å². The molecule has 2 aromatic rings. The van der Waals surface area contributed by atoms with Crippen molar-refractivity contribution < 1.29 is 13.9 Å². The molecule has 0 aliphatic carbocycles. The maximum absolute atomic E-state index is 13.6. The summed E-state index contributed by atoms with van der Waals surface area (Å²) in [4.78, 5) is 11.4. The van der Waals surface area contributed by atoms with Gasteiger partial charge >= 0.3 is 0 Å². The second-order valence-electron chi connectivity index (χ2n) is 3.91. The molecule has 0 aromatic heterocycles. The summed E-state index contributed by atoms with van der Waals surface area (Å²) in [6.45, 7) is 1.28. The molecular formula is C15H10FNO2. The minimum Gasteiger partial charge on any atom is -0.457 e. The van der Waals surface area contributed by atoms with Crippen LogP contribution in [-0.2, 0) is 0 Å². The van der Waals surface area contributed by atoms with E-state index in [9.17, 15) is 9.18 Å². The van der Waals surface area contributed by atoms with E-state index in [1.54, 1.807) is 24.3 Å². The first-order chi connectivity index (χ1) is 9.11. The largest absolute Gasteiger partial charge is 0.457 e. The zero-order chi connectivity index (χ0) is 13.8. The molecule has 0 bridgehead atoms. The first-order valence-electron chi connectivity index (χ1n) is 5.59. The van der Waals surface area contributed by atoms with E-state index in [2.05, 4.69) is 0 Å². The summed E-state index contributed by atoms with van der Waals surface area (Å²) in [5.74, 6) is -0.412. The van der Waals surface area contributed by atoms with Crippen LogP contribution < -0.4 is 4.74 Å². The number of ketones is 1. The van der Waals surface area contributed by atoms with Crippen molar-refractivity contribution in [2.45, 2.75) is 6.92 Å². The molecular weight excluding hydrogens is 245 g/mol. The first-order valence-corrected chi connectivity index (χ1v) is 5.59. The Labute approximate surface area is 109 Å². The van der Waals surface area contributed by atoms with E-state index in [0.29, 0.717) is 11.3 Å². The predicted molar refractivity (Wildman–Crippen MR) is 67.6 cm³/mol. The Morgan fingerprint density at radius 1 is 1.21 bits per heavy atom. The average Bonchev–Trinajstić information content (AvgIpc) is 2.39. The van der Waals surface area contributed by atoms with E-state index in [1.807, 2.05) is 6.07 Å². The van der Waals surface area contributed by atoms with Crippen molar-refractivity contribution in [1.29, 1.82) is 5.26 Å². The number of halogens is 1. The van der Waals surface area contributed by atoms with E-state index >= 15 is 0 Å². The van der Waals surface area contributed by atoms with Crippen LogP contribution in [0.5, 0.6) is 11.5 Å². The van der Waals surface area contributed by atoms with Gasteiger partial charge in [-0.3, -0.25) is 4.79 Å². The highest BCUT2D eigenvalue weighted by Gasteiger charge is 2.14. The number of carbonyl (C=O) groups is 1. The van der Waals surface area contributed by atoms with Crippen molar-refractivity contribution in [3.05, 3.63) is 59.4 Å². The Kier molecular flexibility index (Phi) is 3.58. The van der Waals surface area contributed by atoms with Gasteiger partial charge in [0.05, 0.1) is 17.2 Å². The molecule has 2 aromatic carbocycles. The van der Waals surface area contributed by atoms with Crippen LogP contribution in [0.4, 0.5) is 4.39 Å². The highest BCUT2D eigenvalue weighted by Crippen LogP contribution is 2.27. The standard InChI is InChI=1S/C15H10FNO2/c1-10(18)15-13(16)3-2-4-14(15)19-12-7-5-11(9-17)6-8-12/h2-8H,1H3. The smallest absolute Gasteiger partial charge is 0.166 e. The normalized spacial score (nSPS) is 9.74. The molecule has 0 saturated carbocycles. The monoisotopic (exact) mass is 255 g/mol. The first kappa shape index (κ1) is 12.8. The fourth-order valence-corrected chi connectivity index (χ4v) is 1.66. The molecule has 0 N–H and O–H groups in total. The van der Waals surface area contributed by atoms with E-state index in [0.717, 1.165) is 0 Å². The maximum atomic E-state index is 13.6. The summed E-state index contributed by atoms with van der Waals surface area (Å²) in [7, 11) is 0. The van der Waals surface area contributed by atoms with Gasteiger partial charge in [-0.25, -0.2) is 4.39 Å². The van der Waals surface area contributed by atoms with Crippen LogP contribution in [0.1, 0.15) is 22.8 Å². The molecule has 4 heteroatoms. The number of hydrogen-bond donors (Lipinski definition) is 0. The molecule has 0 radical (unpaired) electrons. The van der Waals surface area contributed by atoms with Gasteiger partial charge in [0.25, 0.3) is 0 Å². The Bertz CT molecular complexity index is 657. The molecule has 0 atom stereocenters. The Hall–Kier alpha value is -2.67. The zero-order valence-corrected chi connectivity index (χ0v) is 10.2. The van der Waals surface area contributed by atoms with E-state index < -0.39 is 11.6 Å². The summed E-state index contributed by atoms with van der Waals surface area (Å²) in [5.41, 5.74) is 0.422. The van der Waals surface area contributed by atoms with Gasteiger partial charge in [0.15, 0.2) is 5.78 Å². The lowest BCUT2D eigenvalue weighted by Crippen LogP contribution is -2.00. The van der Waals surface area contributed by atoms with Gasteiger partial charge in [0, 0.05) is 0 Å². The fourth-order valence-electron chi connectivity index (χ4n) is 1.66. The third-order valence-electron chi connectivity index (χ3n) is 2.54. The number of nitrogens with zero attached hydrogens (tertiary/aromatic N) is 1. The van der Waals surface area contributed by atoms with Crippen molar-refractivity contribution in [1.82, 2.24) is 0 Å². The number of rotatable bonds is 3. The van der Waals surface area contributed by atoms with E-state index in [-0.39, 0.29) is 11.3 Å². The number of Topliss-reactive ketones (excluding diaryl/α,β-unsaturated/α-hetero) is 1. The Morgan fingerprint density at radius 3 is 2.47 bits per heavy atom. The molecule has 3 nitrogen and oxygen atoms in total. The van der Waals surface area contributed by atoms with Crippen LogP contribution in [0.3, 0.4) is 0 Å². The lowest BCUT2D eigenvalue weighted by atomic mass is 10.1. The molecule has 19 heavy (non-hydrogen) atoms. The SMILES string of the molecule is CC(=O)c1c(F)cccc1Oc1ccc(C#N)cc1. The minimum atomic E-state index is -0.612. The number of hydrogen-bond acceptors (Lipinski definition) is 3. The summed E-state index contributed by atoms with van der Waals surface area (Å²) in [6, 6.07) is 12.5. The molecule has 0 amide bonds.